The average molecular weight is 1340 g/mol. The first-order chi connectivity index (χ1) is 43.9. The third-order valence-corrected chi connectivity index (χ3v) is 18.6. The lowest BCUT2D eigenvalue weighted by Gasteiger charge is -2.21. The van der Waals surface area contributed by atoms with Crippen molar-refractivity contribution in [3.8, 4) is 0 Å². The predicted octanol–water partition coefficient (Wildman–Crippen LogP) is 20.8. The smallest absolute Gasteiger partial charge is 0.462 e. The molecule has 0 aromatic carbocycles. The molecule has 540 valence electrons. The first-order valence-corrected chi connectivity index (χ1v) is 40.5. The summed E-state index contributed by atoms with van der Waals surface area (Å²) in [6.45, 7) is 9.55. The van der Waals surface area contributed by atoms with Crippen LogP contribution in [-0.4, -0.2) is 96.7 Å². The molecule has 0 rings (SSSR count). The summed E-state index contributed by atoms with van der Waals surface area (Å²) in [6.07, 6.45) is 50.2. The molecule has 0 spiro atoms. The van der Waals surface area contributed by atoms with Gasteiger partial charge in [-0.3, -0.25) is 37.3 Å². The molecule has 91 heavy (non-hydrogen) atoms. The standard InChI is InChI=1S/C72H140O17P2/c1-7-9-11-13-15-37-44-50-56-71(76)88-67(60-82-69(74)54-48-42-34-14-12-10-8-2)62-86-90(78,79)84-58-66(73)59-85-91(80,81)87-63-68(61-83-70(75)55-49-43-38-32-28-24-21-20-23-27-31-36-41-47-53-65(5)6)89-72(77)57-51-45-39-33-29-25-19-17-16-18-22-26-30-35-40-46-52-64(3)4/h64-68,73H,7-63H2,1-6H3,(H,78,79)(H,80,81)/t66-,67+,68+/m0/s1. The Balaban J connectivity index is 5.15. The molecule has 0 amide bonds. The van der Waals surface area contributed by atoms with Gasteiger partial charge >= 0.3 is 39.5 Å². The maximum Gasteiger partial charge on any atom is 0.472 e. The molecular weight excluding hydrogens is 1200 g/mol. The van der Waals surface area contributed by atoms with Crippen molar-refractivity contribution in [2.24, 2.45) is 11.8 Å². The molecular formula is C72H140O17P2. The molecule has 17 nitrogen and oxygen atoms in total. The van der Waals surface area contributed by atoms with Crippen LogP contribution in [0.15, 0.2) is 0 Å². The zero-order valence-corrected chi connectivity index (χ0v) is 60.9. The molecule has 0 saturated carbocycles. The summed E-state index contributed by atoms with van der Waals surface area (Å²) < 4.78 is 68.1. The second kappa shape index (κ2) is 64.1. The van der Waals surface area contributed by atoms with Gasteiger partial charge in [0.2, 0.25) is 0 Å². The van der Waals surface area contributed by atoms with E-state index in [2.05, 4.69) is 41.5 Å². The van der Waals surface area contributed by atoms with Crippen LogP contribution in [0.3, 0.4) is 0 Å². The first-order valence-electron chi connectivity index (χ1n) is 37.5. The van der Waals surface area contributed by atoms with Gasteiger partial charge in [-0.15, -0.1) is 0 Å². The van der Waals surface area contributed by atoms with E-state index in [1.165, 1.54) is 167 Å². The van der Waals surface area contributed by atoms with Crippen molar-refractivity contribution in [1.29, 1.82) is 0 Å². The van der Waals surface area contributed by atoms with Crippen LogP contribution in [0.4, 0.5) is 0 Å². The van der Waals surface area contributed by atoms with Crippen molar-refractivity contribution in [2.45, 2.75) is 387 Å². The molecule has 0 aliphatic heterocycles. The minimum atomic E-state index is -4.95. The first kappa shape index (κ1) is 89.1. The highest BCUT2D eigenvalue weighted by Crippen LogP contribution is 2.45. The van der Waals surface area contributed by atoms with Gasteiger partial charge in [0, 0.05) is 25.7 Å². The highest BCUT2D eigenvalue weighted by Gasteiger charge is 2.30. The number of hydrogen-bond acceptors (Lipinski definition) is 15. The largest absolute Gasteiger partial charge is 0.472 e. The van der Waals surface area contributed by atoms with E-state index >= 15 is 0 Å². The van der Waals surface area contributed by atoms with E-state index in [1.807, 2.05) is 0 Å². The Morgan fingerprint density at radius 3 is 0.747 bits per heavy atom. The molecule has 0 radical (unpaired) electrons. The van der Waals surface area contributed by atoms with Crippen molar-refractivity contribution in [2.75, 3.05) is 39.6 Å². The number of rotatable bonds is 71. The molecule has 0 aliphatic rings. The van der Waals surface area contributed by atoms with Crippen LogP contribution in [0.5, 0.6) is 0 Å². The lowest BCUT2D eigenvalue weighted by molar-refractivity contribution is -0.161. The van der Waals surface area contributed by atoms with Crippen LogP contribution in [0.2, 0.25) is 0 Å². The molecule has 0 aromatic heterocycles. The van der Waals surface area contributed by atoms with E-state index in [1.54, 1.807) is 0 Å². The van der Waals surface area contributed by atoms with Crippen LogP contribution in [0.1, 0.15) is 369 Å². The minimum Gasteiger partial charge on any atom is -0.462 e. The zero-order valence-electron chi connectivity index (χ0n) is 59.1. The summed E-state index contributed by atoms with van der Waals surface area (Å²) in [7, 11) is -9.89. The van der Waals surface area contributed by atoms with E-state index in [9.17, 15) is 43.2 Å². The Bertz CT molecular complexity index is 1770. The van der Waals surface area contributed by atoms with E-state index in [-0.39, 0.29) is 25.7 Å². The summed E-state index contributed by atoms with van der Waals surface area (Å²) >= 11 is 0. The lowest BCUT2D eigenvalue weighted by Crippen LogP contribution is -2.30. The topological polar surface area (TPSA) is 237 Å². The fourth-order valence-corrected chi connectivity index (χ4v) is 12.5. The number of esters is 4. The van der Waals surface area contributed by atoms with Gasteiger partial charge in [0.25, 0.3) is 0 Å². The third kappa shape index (κ3) is 66.5. The molecule has 0 aromatic rings. The molecule has 0 saturated heterocycles. The quantitative estimate of drug-likeness (QED) is 0.0222. The van der Waals surface area contributed by atoms with Gasteiger partial charge in [-0.25, -0.2) is 9.13 Å². The second-order valence-corrected chi connectivity index (χ2v) is 29.8. The van der Waals surface area contributed by atoms with Gasteiger partial charge < -0.3 is 33.8 Å². The fraction of sp³-hybridized carbons (Fsp3) is 0.944. The van der Waals surface area contributed by atoms with Gasteiger partial charge in [0.05, 0.1) is 26.4 Å². The highest BCUT2D eigenvalue weighted by molar-refractivity contribution is 7.47. The average Bonchev–Trinajstić information content (AvgIpc) is 3.01. The zero-order chi connectivity index (χ0) is 67.2. The van der Waals surface area contributed by atoms with E-state index < -0.39 is 97.5 Å². The number of carbonyl (C=O) groups excluding carboxylic acids is 4. The van der Waals surface area contributed by atoms with Crippen molar-refractivity contribution in [3.05, 3.63) is 0 Å². The maximum atomic E-state index is 13.1. The van der Waals surface area contributed by atoms with E-state index in [0.29, 0.717) is 25.7 Å². The molecule has 2 unspecified atom stereocenters. The third-order valence-electron chi connectivity index (χ3n) is 16.7. The number of carbonyl (C=O) groups is 4. The molecule has 0 fully saturated rings. The Morgan fingerprint density at radius 1 is 0.297 bits per heavy atom. The minimum absolute atomic E-state index is 0.105. The van der Waals surface area contributed by atoms with Crippen LogP contribution in [-0.2, 0) is 65.4 Å². The number of phosphoric acid groups is 2. The summed E-state index contributed by atoms with van der Waals surface area (Å²) in [5.74, 6) is -0.520. The van der Waals surface area contributed by atoms with Crippen LogP contribution >= 0.6 is 15.6 Å². The van der Waals surface area contributed by atoms with Crippen LogP contribution in [0.25, 0.3) is 0 Å². The van der Waals surface area contributed by atoms with Gasteiger partial charge in [-0.05, 0) is 37.5 Å². The summed E-state index contributed by atoms with van der Waals surface area (Å²) in [4.78, 5) is 72.4. The number of hydrogen-bond donors (Lipinski definition) is 3. The van der Waals surface area contributed by atoms with Crippen molar-refractivity contribution < 1.29 is 80.2 Å². The Hall–Kier alpha value is -1.94. The van der Waals surface area contributed by atoms with Gasteiger partial charge in [0.1, 0.15) is 19.3 Å². The highest BCUT2D eigenvalue weighted by atomic mass is 31.2. The van der Waals surface area contributed by atoms with Crippen LogP contribution < -0.4 is 0 Å². The second-order valence-electron chi connectivity index (χ2n) is 26.9. The molecule has 0 heterocycles. The summed E-state index contributed by atoms with van der Waals surface area (Å²) in [6, 6.07) is 0. The van der Waals surface area contributed by atoms with Gasteiger partial charge in [-0.1, -0.05) is 318 Å². The van der Waals surface area contributed by atoms with Crippen molar-refractivity contribution >= 4 is 39.5 Å². The maximum absolute atomic E-state index is 13.1. The Kier molecular flexibility index (Phi) is 62.7. The van der Waals surface area contributed by atoms with Gasteiger partial charge in [0.15, 0.2) is 12.2 Å². The molecule has 19 heteroatoms. The molecule has 3 N–H and O–H groups in total. The molecule has 0 bridgehead atoms. The summed E-state index contributed by atoms with van der Waals surface area (Å²) in [5, 5.41) is 10.6. The Labute approximate surface area is 556 Å². The molecule has 0 aliphatic carbocycles. The van der Waals surface area contributed by atoms with Crippen molar-refractivity contribution in [1.82, 2.24) is 0 Å². The summed E-state index contributed by atoms with van der Waals surface area (Å²) in [5.41, 5.74) is 0. The number of aliphatic hydroxyl groups excluding tert-OH is 1. The monoisotopic (exact) mass is 1340 g/mol. The predicted molar refractivity (Wildman–Crippen MR) is 368 cm³/mol. The van der Waals surface area contributed by atoms with Crippen molar-refractivity contribution in [3.63, 3.8) is 0 Å². The lowest BCUT2D eigenvalue weighted by atomic mass is 10.0. The number of unbranched alkanes of at least 4 members (excludes halogenated alkanes) is 41. The number of ether oxygens (including phenoxy) is 4. The number of phosphoric ester groups is 2. The normalized spacial score (nSPS) is 14.1. The number of aliphatic hydroxyl groups is 1. The molecule has 5 atom stereocenters. The Morgan fingerprint density at radius 2 is 0.505 bits per heavy atom. The van der Waals surface area contributed by atoms with E-state index in [0.717, 1.165) is 121 Å². The van der Waals surface area contributed by atoms with Crippen LogP contribution in [0, 0.1) is 11.8 Å². The van der Waals surface area contributed by atoms with Gasteiger partial charge in [-0.2, -0.15) is 0 Å². The fourth-order valence-electron chi connectivity index (χ4n) is 10.9. The SMILES string of the molecule is CCCCCCCCCCC(=O)O[C@H](COC(=O)CCCCCCCCC)COP(=O)(O)OC[C@H](O)COP(=O)(O)OC[C@@H](COC(=O)CCCCCCCCCCCCCCCCC(C)C)OC(=O)CCCCCCCCCCCCCCCCCCC(C)C. The van der Waals surface area contributed by atoms with E-state index in [4.69, 9.17) is 37.0 Å².